The maximum atomic E-state index is 13.2. The first-order valence-electron chi connectivity index (χ1n) is 14.7. The molecule has 0 bridgehead atoms. The number of aromatic carboxylic acids is 1. The zero-order chi connectivity index (χ0) is 33.4. The Kier molecular flexibility index (Phi) is 8.18. The number of ether oxygens (including phenoxy) is 1. The molecule has 1 unspecified atom stereocenters. The normalized spacial score (nSPS) is 16.6. The number of carboxylic acid groups (broad SMARTS) is 1. The van der Waals surface area contributed by atoms with E-state index in [1.807, 2.05) is 43.3 Å². The van der Waals surface area contributed by atoms with Crippen molar-refractivity contribution in [2.24, 2.45) is 5.73 Å². The van der Waals surface area contributed by atoms with Crippen LogP contribution in [-0.4, -0.2) is 60.0 Å². The number of hydrogen-bond donors (Lipinski definition) is 3. The second-order valence-corrected chi connectivity index (χ2v) is 11.3. The van der Waals surface area contributed by atoms with Gasteiger partial charge in [-0.1, -0.05) is 30.4 Å². The van der Waals surface area contributed by atoms with E-state index in [9.17, 15) is 29.1 Å². The molecule has 47 heavy (non-hydrogen) atoms. The first kappa shape index (κ1) is 31.0. The van der Waals surface area contributed by atoms with E-state index in [0.29, 0.717) is 44.4 Å². The zero-order valence-electron chi connectivity index (χ0n) is 25.5. The number of rotatable bonds is 8. The van der Waals surface area contributed by atoms with Crippen molar-refractivity contribution in [1.29, 1.82) is 0 Å². The second kappa shape index (κ2) is 12.4. The number of allylic oxidation sites excluding steroid dienone is 1. The van der Waals surface area contributed by atoms with Crippen LogP contribution in [0.4, 0.5) is 5.69 Å². The van der Waals surface area contributed by atoms with Gasteiger partial charge in [-0.25, -0.2) is 9.59 Å². The molecular weight excluding hydrogens is 604 g/mol. The number of carboxylic acids is 1. The van der Waals surface area contributed by atoms with E-state index in [1.165, 1.54) is 18.2 Å². The lowest BCUT2D eigenvalue weighted by Gasteiger charge is -2.29. The van der Waals surface area contributed by atoms with Crippen molar-refractivity contribution in [3.05, 3.63) is 124 Å². The lowest BCUT2D eigenvalue weighted by atomic mass is 9.84. The zero-order valence-corrected chi connectivity index (χ0v) is 25.5. The van der Waals surface area contributed by atoms with Crippen molar-refractivity contribution < 1.29 is 38.7 Å². The quantitative estimate of drug-likeness (QED) is 0.312. The maximum absolute atomic E-state index is 13.2. The summed E-state index contributed by atoms with van der Waals surface area (Å²) in [6.45, 7) is 0.0782. The SMILES string of the molecule is CN(C)c1ccc2c(c1)OC1=CC(N)C=CC1=C2c1ccc(C(=O)NCc2ccc(C(=O)ON3C(=O)CCC3=O)cc2)cc1C(=O)O. The Labute approximate surface area is 269 Å². The van der Waals surface area contributed by atoms with Gasteiger partial charge in [0.1, 0.15) is 11.5 Å². The van der Waals surface area contributed by atoms with Gasteiger partial charge in [0.25, 0.3) is 17.7 Å². The Morgan fingerprint density at radius 1 is 0.979 bits per heavy atom. The molecule has 12 heteroatoms. The Morgan fingerprint density at radius 2 is 1.66 bits per heavy atom. The fourth-order valence-corrected chi connectivity index (χ4v) is 5.46. The summed E-state index contributed by atoms with van der Waals surface area (Å²) in [5, 5.41) is 13.5. The van der Waals surface area contributed by atoms with Crippen LogP contribution in [0.15, 0.2) is 90.2 Å². The molecule has 1 atom stereocenters. The fraction of sp³-hybridized carbons (Fsp3) is 0.171. The van der Waals surface area contributed by atoms with Crippen LogP contribution in [0.3, 0.4) is 0 Å². The fourth-order valence-electron chi connectivity index (χ4n) is 5.46. The molecule has 1 aliphatic carbocycles. The first-order valence-corrected chi connectivity index (χ1v) is 14.7. The Hall–Kier alpha value is -6.01. The van der Waals surface area contributed by atoms with Gasteiger partial charge in [0, 0.05) is 73.6 Å². The van der Waals surface area contributed by atoms with Gasteiger partial charge in [0.15, 0.2) is 0 Å². The number of hydroxylamine groups is 2. The van der Waals surface area contributed by atoms with E-state index in [1.54, 1.807) is 36.4 Å². The lowest BCUT2D eigenvalue weighted by Crippen LogP contribution is -2.32. The molecular formula is C35H30N4O8. The summed E-state index contributed by atoms with van der Waals surface area (Å²) in [6.07, 6.45) is 5.38. The average molecular weight is 635 g/mol. The monoisotopic (exact) mass is 634 g/mol. The van der Waals surface area contributed by atoms with Crippen molar-refractivity contribution in [3.63, 3.8) is 0 Å². The molecule has 3 aromatic rings. The molecule has 0 spiro atoms. The first-order chi connectivity index (χ1) is 22.5. The number of hydrogen-bond acceptors (Lipinski definition) is 9. The molecule has 2 aliphatic heterocycles. The molecule has 0 radical (unpaired) electrons. The van der Waals surface area contributed by atoms with Crippen LogP contribution >= 0.6 is 0 Å². The standard InChI is InChI=1S/C35H30N4O8/c1-38(2)23-9-12-26-29(17-23)46-28-16-22(36)8-11-25(28)32(26)24-10-7-21(15-27(24)34(43)44)33(42)37-18-19-3-5-20(6-4-19)35(45)47-39-30(40)13-14-31(39)41/h3-12,15-17,22H,13-14,18,36H2,1-2H3,(H,37,42)(H,43,44). The van der Waals surface area contributed by atoms with Crippen LogP contribution in [0.2, 0.25) is 0 Å². The van der Waals surface area contributed by atoms with Gasteiger partial charge in [-0.05, 0) is 53.6 Å². The number of anilines is 1. The van der Waals surface area contributed by atoms with Crippen molar-refractivity contribution in [3.8, 4) is 5.75 Å². The van der Waals surface area contributed by atoms with Crippen LogP contribution < -0.4 is 20.7 Å². The lowest BCUT2D eigenvalue weighted by molar-refractivity contribution is -0.172. The summed E-state index contributed by atoms with van der Waals surface area (Å²) in [6, 6.07) is 15.9. The summed E-state index contributed by atoms with van der Waals surface area (Å²) >= 11 is 0. The number of carbonyl (C=O) groups is 5. The molecule has 3 aromatic carbocycles. The summed E-state index contributed by atoms with van der Waals surface area (Å²) in [4.78, 5) is 68.4. The van der Waals surface area contributed by atoms with Crippen molar-refractivity contribution in [2.75, 3.05) is 19.0 Å². The molecule has 4 N–H and O–H groups in total. The molecule has 6 rings (SSSR count). The number of amides is 3. The van der Waals surface area contributed by atoms with Gasteiger partial charge >= 0.3 is 11.9 Å². The van der Waals surface area contributed by atoms with E-state index in [-0.39, 0.29) is 42.1 Å². The van der Waals surface area contributed by atoms with Crippen LogP contribution in [0.1, 0.15) is 60.6 Å². The molecule has 3 amide bonds. The van der Waals surface area contributed by atoms with Gasteiger partial charge in [-0.15, -0.1) is 5.06 Å². The predicted octanol–water partition coefficient (Wildman–Crippen LogP) is 3.58. The summed E-state index contributed by atoms with van der Waals surface area (Å²) < 4.78 is 6.22. The number of benzene rings is 3. The smallest absolute Gasteiger partial charge is 0.363 e. The number of nitrogens with one attached hydrogen (secondary N) is 1. The van der Waals surface area contributed by atoms with Gasteiger partial charge in [-0.3, -0.25) is 14.4 Å². The second-order valence-electron chi connectivity index (χ2n) is 11.3. The van der Waals surface area contributed by atoms with Crippen LogP contribution in [0, 0.1) is 0 Å². The van der Waals surface area contributed by atoms with E-state index in [4.69, 9.17) is 15.3 Å². The maximum Gasteiger partial charge on any atom is 0.363 e. The van der Waals surface area contributed by atoms with Crippen LogP contribution in [-0.2, 0) is 21.0 Å². The number of nitrogens with zero attached hydrogens (tertiary/aromatic N) is 2. The predicted molar refractivity (Wildman–Crippen MR) is 170 cm³/mol. The van der Waals surface area contributed by atoms with E-state index < -0.39 is 29.7 Å². The third-order valence-electron chi connectivity index (χ3n) is 7.94. The largest absolute Gasteiger partial charge is 0.478 e. The average Bonchev–Trinajstić information content (AvgIpc) is 3.37. The van der Waals surface area contributed by atoms with Crippen LogP contribution in [0.5, 0.6) is 5.75 Å². The third kappa shape index (κ3) is 6.14. The Bertz CT molecular complexity index is 1920. The van der Waals surface area contributed by atoms with Gasteiger partial charge < -0.3 is 30.6 Å². The molecule has 3 aliphatic rings. The Balaban J connectivity index is 1.23. The number of carbonyl (C=O) groups excluding carboxylic acids is 4. The van der Waals surface area contributed by atoms with Gasteiger partial charge in [0.05, 0.1) is 11.1 Å². The van der Waals surface area contributed by atoms with E-state index in [2.05, 4.69) is 5.32 Å². The molecule has 2 heterocycles. The summed E-state index contributed by atoms with van der Waals surface area (Å²) in [5.74, 6) is -2.64. The van der Waals surface area contributed by atoms with E-state index >= 15 is 0 Å². The highest BCUT2D eigenvalue weighted by Crippen LogP contribution is 2.45. The molecule has 0 saturated carbocycles. The van der Waals surface area contributed by atoms with Crippen molar-refractivity contribution >= 4 is 40.9 Å². The minimum atomic E-state index is -1.21. The third-order valence-corrected chi connectivity index (χ3v) is 7.94. The minimum Gasteiger partial charge on any atom is -0.478 e. The summed E-state index contributed by atoms with van der Waals surface area (Å²) in [5.41, 5.74) is 10.3. The molecule has 238 valence electrons. The number of imide groups is 1. The van der Waals surface area contributed by atoms with Gasteiger partial charge in [0.2, 0.25) is 0 Å². The molecule has 1 fully saturated rings. The minimum absolute atomic E-state index is 0.00808. The highest BCUT2D eigenvalue weighted by Gasteiger charge is 2.33. The molecule has 1 saturated heterocycles. The van der Waals surface area contributed by atoms with E-state index in [0.717, 1.165) is 5.69 Å². The molecule has 12 nitrogen and oxygen atoms in total. The van der Waals surface area contributed by atoms with Crippen molar-refractivity contribution in [1.82, 2.24) is 10.4 Å². The van der Waals surface area contributed by atoms with Crippen LogP contribution in [0.25, 0.3) is 5.57 Å². The topological polar surface area (TPSA) is 169 Å². The Morgan fingerprint density at radius 3 is 2.34 bits per heavy atom. The van der Waals surface area contributed by atoms with Gasteiger partial charge in [-0.2, -0.15) is 0 Å². The highest BCUT2D eigenvalue weighted by atomic mass is 16.7. The summed E-state index contributed by atoms with van der Waals surface area (Å²) in [7, 11) is 3.82. The van der Waals surface area contributed by atoms with Crippen molar-refractivity contribution in [2.45, 2.75) is 25.4 Å². The number of fused-ring (bicyclic) bond motifs is 2. The number of nitrogens with two attached hydrogens (primary N) is 1. The highest BCUT2D eigenvalue weighted by molar-refractivity contribution is 6.04. The molecule has 0 aromatic heterocycles.